The van der Waals surface area contributed by atoms with Crippen molar-refractivity contribution < 1.29 is 4.74 Å². The van der Waals surface area contributed by atoms with Gasteiger partial charge in [0.1, 0.15) is 36.2 Å². The average Bonchev–Trinajstić information content (AvgIpc) is 3.73. The van der Waals surface area contributed by atoms with Gasteiger partial charge < -0.3 is 14.2 Å². The van der Waals surface area contributed by atoms with E-state index in [0.29, 0.717) is 25.3 Å². The Hall–Kier alpha value is -3.71. The number of fused-ring (bicyclic) bond motifs is 1. The summed E-state index contributed by atoms with van der Waals surface area (Å²) in [6.45, 7) is 9.72. The van der Waals surface area contributed by atoms with Crippen molar-refractivity contribution in [1.29, 1.82) is 10.5 Å². The van der Waals surface area contributed by atoms with Crippen molar-refractivity contribution in [1.82, 2.24) is 29.3 Å². The molecule has 12 heteroatoms. The molecule has 5 heterocycles. The first kappa shape index (κ1) is 28.8. The largest absolute Gasteiger partial charge is 0.361 e. The highest BCUT2D eigenvalue weighted by molar-refractivity contribution is 7.98. The molecule has 0 radical (unpaired) electrons. The molecule has 0 N–H and O–H groups in total. The van der Waals surface area contributed by atoms with Gasteiger partial charge in [0.15, 0.2) is 0 Å². The smallest absolute Gasteiger partial charge is 0.147 e. The lowest BCUT2D eigenvalue weighted by Crippen LogP contribution is -2.26. The summed E-state index contributed by atoms with van der Waals surface area (Å²) in [4.78, 5) is 16.8. The highest BCUT2D eigenvalue weighted by Gasteiger charge is 2.33. The van der Waals surface area contributed by atoms with Gasteiger partial charge in [-0.25, -0.2) is 15.0 Å². The Morgan fingerprint density at radius 3 is 2.80 bits per heavy atom. The Morgan fingerprint density at radius 2 is 2.05 bits per heavy atom. The monoisotopic (exact) mass is 585 g/mol. The fourth-order valence-electron chi connectivity index (χ4n) is 5.33. The van der Waals surface area contributed by atoms with Crippen LogP contribution in [0.15, 0.2) is 48.1 Å². The van der Waals surface area contributed by atoms with E-state index in [0.717, 1.165) is 58.6 Å². The zero-order chi connectivity index (χ0) is 29.0. The van der Waals surface area contributed by atoms with Gasteiger partial charge in [-0.05, 0) is 30.9 Å². The van der Waals surface area contributed by atoms with Gasteiger partial charge in [-0.3, -0.25) is 4.68 Å². The van der Waals surface area contributed by atoms with Crippen LogP contribution >= 0.6 is 11.8 Å². The predicted molar refractivity (Wildman–Crippen MR) is 163 cm³/mol. The van der Waals surface area contributed by atoms with Crippen LogP contribution in [0.4, 0.5) is 5.82 Å². The number of thioether (sulfide) groups is 1. The van der Waals surface area contributed by atoms with Gasteiger partial charge in [0, 0.05) is 68.1 Å². The van der Waals surface area contributed by atoms with Crippen LogP contribution in [0.2, 0.25) is 25.7 Å². The van der Waals surface area contributed by atoms with Crippen LogP contribution in [0.25, 0.3) is 22.3 Å². The van der Waals surface area contributed by atoms with Gasteiger partial charge in [0.2, 0.25) is 0 Å². The van der Waals surface area contributed by atoms with Gasteiger partial charge >= 0.3 is 0 Å². The first-order valence-corrected chi connectivity index (χ1v) is 18.7. The van der Waals surface area contributed by atoms with Gasteiger partial charge in [-0.2, -0.15) is 15.6 Å². The summed E-state index contributed by atoms with van der Waals surface area (Å²) in [5.74, 6) is 0.907. The molecule has 0 bridgehead atoms. The van der Waals surface area contributed by atoms with Crippen LogP contribution in [0.3, 0.4) is 0 Å². The van der Waals surface area contributed by atoms with Gasteiger partial charge in [-0.15, -0.1) is 11.8 Å². The number of hydrogen-bond donors (Lipinski definition) is 0. The maximum atomic E-state index is 9.79. The fourth-order valence-corrected chi connectivity index (χ4v) is 6.63. The normalized spacial score (nSPS) is 16.1. The predicted octanol–water partition coefficient (Wildman–Crippen LogP) is 5.58. The van der Waals surface area contributed by atoms with E-state index < -0.39 is 8.07 Å². The van der Waals surface area contributed by atoms with Crippen LogP contribution in [-0.2, 0) is 11.5 Å². The van der Waals surface area contributed by atoms with Crippen LogP contribution in [0, 0.1) is 28.6 Å². The summed E-state index contributed by atoms with van der Waals surface area (Å²) in [5, 5.41) is 25.1. The second-order valence-corrected chi connectivity index (χ2v) is 18.0. The summed E-state index contributed by atoms with van der Waals surface area (Å²) in [6, 6.07) is 9.62. The number of aromatic nitrogens is 6. The van der Waals surface area contributed by atoms with Crippen molar-refractivity contribution in [2.45, 2.75) is 56.2 Å². The third-order valence-corrected chi connectivity index (χ3v) is 10.1. The van der Waals surface area contributed by atoms with E-state index in [2.05, 4.69) is 51.6 Å². The first-order chi connectivity index (χ1) is 19.8. The average molecular weight is 586 g/mol. The molecule has 1 aliphatic heterocycles. The van der Waals surface area contributed by atoms with Crippen LogP contribution < -0.4 is 4.90 Å². The van der Waals surface area contributed by atoms with E-state index >= 15 is 0 Å². The molecule has 41 heavy (non-hydrogen) atoms. The van der Waals surface area contributed by atoms with E-state index in [4.69, 9.17) is 9.84 Å². The Balaban J connectivity index is 1.34. The maximum absolute atomic E-state index is 9.79. The van der Waals surface area contributed by atoms with Gasteiger partial charge in [0.25, 0.3) is 0 Å². The molecule has 4 aromatic rings. The number of nitriles is 2. The van der Waals surface area contributed by atoms with Crippen LogP contribution in [-0.4, -0.2) is 63.3 Å². The highest BCUT2D eigenvalue weighted by Crippen LogP contribution is 2.36. The Morgan fingerprint density at radius 1 is 1.20 bits per heavy atom. The van der Waals surface area contributed by atoms with Crippen molar-refractivity contribution >= 4 is 36.7 Å². The molecule has 1 unspecified atom stereocenters. The van der Waals surface area contributed by atoms with Crippen LogP contribution in [0.1, 0.15) is 24.4 Å². The van der Waals surface area contributed by atoms with E-state index in [1.165, 1.54) is 0 Å². The summed E-state index contributed by atoms with van der Waals surface area (Å²) >= 11 is 1.55. The molecule has 1 saturated heterocycles. The van der Waals surface area contributed by atoms with Crippen molar-refractivity contribution in [3.63, 3.8) is 0 Å². The molecule has 1 fully saturated rings. The molecule has 212 valence electrons. The molecular weight excluding hydrogens is 551 g/mol. The highest BCUT2D eigenvalue weighted by atomic mass is 32.2. The van der Waals surface area contributed by atoms with Gasteiger partial charge in [-0.1, -0.05) is 19.6 Å². The zero-order valence-corrected chi connectivity index (χ0v) is 25.8. The number of nitrogens with zero attached hydrogens (tertiary/aromatic N) is 9. The molecular formula is C29H35N9OSSi. The standard InChI is InChI=1S/C29H35N9OSSi/c1-40-26-6-10-32-29(24(26)15-31)36-11-7-21(17-36)25(5-9-30)38-18-22(16-35-38)27-23-8-12-37(28(23)34-19-33-27)20-39-13-14-41(2,3)4/h6,8,10,12,16,18-19,21,25H,5,7,11,13-14,17,20H2,1-4H3/t21?,25-/m0/s1. The zero-order valence-electron chi connectivity index (χ0n) is 24.0. The van der Waals surface area contributed by atoms with Crippen molar-refractivity contribution in [3.05, 3.63) is 48.8 Å². The Kier molecular flexibility index (Phi) is 8.73. The minimum absolute atomic E-state index is 0.102. The van der Waals surface area contributed by atoms with Crippen molar-refractivity contribution in [2.24, 2.45) is 5.92 Å². The van der Waals surface area contributed by atoms with Crippen molar-refractivity contribution in [2.75, 3.05) is 30.9 Å². The van der Waals surface area contributed by atoms with Crippen molar-refractivity contribution in [3.8, 4) is 23.4 Å². The number of rotatable bonds is 11. The van der Waals surface area contributed by atoms with E-state index in [9.17, 15) is 10.5 Å². The fraction of sp³-hybridized carbons (Fsp3) is 0.448. The van der Waals surface area contributed by atoms with Crippen LogP contribution in [0.5, 0.6) is 0 Å². The second kappa shape index (κ2) is 12.4. The molecule has 1 aliphatic rings. The van der Waals surface area contributed by atoms with E-state index in [-0.39, 0.29) is 12.0 Å². The SMILES string of the molecule is CSc1ccnc(N2CCC([C@H](CC#N)n3cc(-c4ncnc5c4ccn5COCC[Si](C)(C)C)cn3)C2)c1C#N. The quantitative estimate of drug-likeness (QED) is 0.126. The third-order valence-electron chi connectivity index (χ3n) is 7.59. The lowest BCUT2D eigenvalue weighted by molar-refractivity contribution is 0.0899. The lowest BCUT2D eigenvalue weighted by atomic mass is 9.96. The topological polar surface area (TPSA) is 121 Å². The minimum atomic E-state index is -1.15. The third kappa shape index (κ3) is 6.30. The number of pyridine rings is 1. The first-order valence-electron chi connectivity index (χ1n) is 13.8. The molecule has 0 amide bonds. The van der Waals surface area contributed by atoms with E-state index in [1.54, 1.807) is 24.3 Å². The number of ether oxygens (including phenoxy) is 1. The van der Waals surface area contributed by atoms with Gasteiger partial charge in [0.05, 0.1) is 30.4 Å². The summed E-state index contributed by atoms with van der Waals surface area (Å²) < 4.78 is 9.88. The molecule has 0 spiro atoms. The maximum Gasteiger partial charge on any atom is 0.147 e. The summed E-state index contributed by atoms with van der Waals surface area (Å²) in [5.41, 5.74) is 3.13. The molecule has 0 aliphatic carbocycles. The molecule has 5 rings (SSSR count). The Bertz CT molecular complexity index is 1600. The molecule has 0 aromatic carbocycles. The Labute approximate surface area is 246 Å². The second-order valence-electron chi connectivity index (χ2n) is 11.6. The molecule has 0 saturated carbocycles. The summed E-state index contributed by atoms with van der Waals surface area (Å²) in [7, 11) is -1.15. The number of hydrogen-bond acceptors (Lipinski definition) is 9. The minimum Gasteiger partial charge on any atom is -0.361 e. The molecule has 10 nitrogen and oxygen atoms in total. The van der Waals surface area contributed by atoms with E-state index in [1.807, 2.05) is 46.2 Å². The number of anilines is 1. The summed E-state index contributed by atoms with van der Waals surface area (Å²) in [6.07, 6.45) is 12.3. The molecule has 4 aromatic heterocycles. The lowest BCUT2D eigenvalue weighted by Gasteiger charge is -2.23. The molecule has 2 atom stereocenters.